The van der Waals surface area contributed by atoms with Crippen molar-refractivity contribution in [2.24, 2.45) is 5.73 Å². The Bertz CT molecular complexity index is 1580. The first kappa shape index (κ1) is 21.0. The van der Waals surface area contributed by atoms with Crippen LogP contribution >= 0.6 is 0 Å². The third-order valence-corrected chi connectivity index (χ3v) is 6.66. The summed E-state index contributed by atoms with van der Waals surface area (Å²) in [7, 11) is 0. The van der Waals surface area contributed by atoms with E-state index in [1.54, 1.807) is 0 Å². The summed E-state index contributed by atoms with van der Waals surface area (Å²) in [6.45, 7) is 0. The van der Waals surface area contributed by atoms with Gasteiger partial charge in [0.2, 0.25) is 0 Å². The number of fused-ring (bicyclic) bond motifs is 3. The van der Waals surface area contributed by atoms with Crippen LogP contribution in [0.25, 0.3) is 44.3 Å². The van der Waals surface area contributed by atoms with Gasteiger partial charge in [0.05, 0.1) is 11.0 Å². The molecule has 168 valence electrons. The Kier molecular flexibility index (Phi) is 5.40. The number of aromatic nitrogens is 1. The SMILES string of the molecule is N/C(=C\Cc1ccc(-c2ccc(-n3c4ccccc4c4ccccc43)cc2)cc1)c1ccccc1. The normalized spacial score (nSPS) is 11.8. The maximum Gasteiger partial charge on any atom is 0.0541 e. The second-order valence-electron chi connectivity index (χ2n) is 8.84. The molecule has 35 heavy (non-hydrogen) atoms. The van der Waals surface area contributed by atoms with Gasteiger partial charge < -0.3 is 10.3 Å². The van der Waals surface area contributed by atoms with Gasteiger partial charge in [0.15, 0.2) is 0 Å². The maximum absolute atomic E-state index is 6.25. The molecule has 0 amide bonds. The predicted molar refractivity (Wildman–Crippen MR) is 149 cm³/mol. The van der Waals surface area contributed by atoms with Gasteiger partial charge in [-0.15, -0.1) is 0 Å². The molecule has 0 aliphatic carbocycles. The highest BCUT2D eigenvalue weighted by molar-refractivity contribution is 6.09. The second-order valence-corrected chi connectivity index (χ2v) is 8.84. The van der Waals surface area contributed by atoms with Gasteiger partial charge in [0, 0.05) is 22.2 Å². The summed E-state index contributed by atoms with van der Waals surface area (Å²) >= 11 is 0. The zero-order chi connectivity index (χ0) is 23.6. The van der Waals surface area contributed by atoms with Gasteiger partial charge in [-0.2, -0.15) is 0 Å². The van der Waals surface area contributed by atoms with E-state index in [1.807, 2.05) is 30.3 Å². The summed E-state index contributed by atoms with van der Waals surface area (Å²) in [5, 5.41) is 2.56. The minimum Gasteiger partial charge on any atom is -0.398 e. The van der Waals surface area contributed by atoms with Gasteiger partial charge in [0.1, 0.15) is 0 Å². The molecule has 2 heteroatoms. The van der Waals surface area contributed by atoms with E-state index in [9.17, 15) is 0 Å². The fourth-order valence-electron chi connectivity index (χ4n) is 4.81. The number of nitrogens with zero attached hydrogens (tertiary/aromatic N) is 1. The van der Waals surface area contributed by atoms with Crippen molar-refractivity contribution in [3.05, 3.63) is 145 Å². The molecule has 5 aromatic carbocycles. The molecule has 0 aliphatic heterocycles. The summed E-state index contributed by atoms with van der Waals surface area (Å²) in [4.78, 5) is 0. The van der Waals surface area contributed by atoms with Gasteiger partial charge in [-0.3, -0.25) is 0 Å². The van der Waals surface area contributed by atoms with Crippen LogP contribution < -0.4 is 5.73 Å². The molecule has 0 spiro atoms. The summed E-state index contributed by atoms with van der Waals surface area (Å²) in [6, 6.07) is 44.9. The third kappa shape index (κ3) is 4.00. The topological polar surface area (TPSA) is 30.9 Å². The molecule has 0 bridgehead atoms. The minimum atomic E-state index is 0.813. The van der Waals surface area contributed by atoms with Crippen LogP contribution in [0.15, 0.2) is 133 Å². The minimum absolute atomic E-state index is 0.813. The number of hydrogen-bond acceptors (Lipinski definition) is 1. The van der Waals surface area contributed by atoms with E-state index in [0.29, 0.717) is 0 Å². The van der Waals surface area contributed by atoms with E-state index in [0.717, 1.165) is 17.7 Å². The number of rotatable bonds is 5. The molecule has 0 saturated heterocycles. The Morgan fingerprint density at radius 3 is 1.69 bits per heavy atom. The number of nitrogens with two attached hydrogens (primary N) is 1. The van der Waals surface area contributed by atoms with Crippen molar-refractivity contribution in [1.82, 2.24) is 4.57 Å². The van der Waals surface area contributed by atoms with Crippen molar-refractivity contribution in [3.63, 3.8) is 0 Å². The first-order valence-electron chi connectivity index (χ1n) is 12.0. The van der Waals surface area contributed by atoms with Crippen molar-refractivity contribution in [2.75, 3.05) is 0 Å². The van der Waals surface area contributed by atoms with Crippen LogP contribution in [0.3, 0.4) is 0 Å². The largest absolute Gasteiger partial charge is 0.398 e. The molecule has 0 unspecified atom stereocenters. The average molecular weight is 451 g/mol. The molecular formula is C33H26N2. The highest BCUT2D eigenvalue weighted by Gasteiger charge is 2.11. The number of benzene rings is 5. The van der Waals surface area contributed by atoms with Crippen LogP contribution in [-0.4, -0.2) is 4.57 Å². The van der Waals surface area contributed by atoms with Crippen molar-refractivity contribution >= 4 is 27.5 Å². The zero-order valence-electron chi connectivity index (χ0n) is 19.4. The van der Waals surface area contributed by atoms with Crippen molar-refractivity contribution in [2.45, 2.75) is 6.42 Å². The molecule has 2 N–H and O–H groups in total. The first-order chi connectivity index (χ1) is 17.3. The molecule has 1 aromatic heterocycles. The van der Waals surface area contributed by atoms with E-state index in [2.05, 4.69) is 108 Å². The monoisotopic (exact) mass is 450 g/mol. The van der Waals surface area contributed by atoms with Crippen LogP contribution in [0.4, 0.5) is 0 Å². The highest BCUT2D eigenvalue weighted by Crippen LogP contribution is 2.32. The third-order valence-electron chi connectivity index (χ3n) is 6.66. The van der Waals surface area contributed by atoms with Crippen LogP contribution in [-0.2, 0) is 6.42 Å². The molecule has 0 radical (unpaired) electrons. The molecule has 0 saturated carbocycles. The van der Waals surface area contributed by atoms with Gasteiger partial charge in [0.25, 0.3) is 0 Å². The lowest BCUT2D eigenvalue weighted by molar-refractivity contribution is 1.18. The molecule has 6 aromatic rings. The lowest BCUT2D eigenvalue weighted by Crippen LogP contribution is -1.96. The molecule has 0 atom stereocenters. The van der Waals surface area contributed by atoms with E-state index in [4.69, 9.17) is 5.73 Å². The smallest absolute Gasteiger partial charge is 0.0541 e. The van der Waals surface area contributed by atoms with Crippen molar-refractivity contribution in [1.29, 1.82) is 0 Å². The molecular weight excluding hydrogens is 424 g/mol. The quantitative estimate of drug-likeness (QED) is 0.283. The first-order valence-corrected chi connectivity index (χ1v) is 12.0. The number of allylic oxidation sites excluding steroid dienone is 1. The van der Waals surface area contributed by atoms with Crippen molar-refractivity contribution in [3.8, 4) is 16.8 Å². The fraction of sp³-hybridized carbons (Fsp3) is 0.0303. The summed E-state index contributed by atoms with van der Waals surface area (Å²) in [5.74, 6) is 0. The van der Waals surface area contributed by atoms with E-state index >= 15 is 0 Å². The maximum atomic E-state index is 6.25. The molecule has 0 aliphatic rings. The van der Waals surface area contributed by atoms with Gasteiger partial charge in [-0.1, -0.05) is 109 Å². The van der Waals surface area contributed by atoms with Crippen LogP contribution in [0.5, 0.6) is 0 Å². The van der Waals surface area contributed by atoms with E-state index < -0.39 is 0 Å². The van der Waals surface area contributed by atoms with Crippen LogP contribution in [0.1, 0.15) is 11.1 Å². The molecule has 1 heterocycles. The zero-order valence-corrected chi connectivity index (χ0v) is 19.4. The van der Waals surface area contributed by atoms with Gasteiger partial charge in [-0.05, 0) is 52.9 Å². The molecule has 0 fully saturated rings. The van der Waals surface area contributed by atoms with Crippen LogP contribution in [0, 0.1) is 0 Å². The Balaban J connectivity index is 1.26. The Morgan fingerprint density at radius 2 is 1.09 bits per heavy atom. The summed E-state index contributed by atoms with van der Waals surface area (Å²) in [5.41, 5.74) is 15.4. The summed E-state index contributed by atoms with van der Waals surface area (Å²) < 4.78 is 2.35. The van der Waals surface area contributed by atoms with Crippen LogP contribution in [0.2, 0.25) is 0 Å². The predicted octanol–water partition coefficient (Wildman–Crippen LogP) is 7.99. The molecule has 2 nitrogen and oxygen atoms in total. The average Bonchev–Trinajstić information content (AvgIpc) is 3.27. The number of para-hydroxylation sites is 2. The highest BCUT2D eigenvalue weighted by atomic mass is 15.0. The Hall–Kier alpha value is -4.56. The molecule has 6 rings (SSSR count). The Labute approximate surface area is 205 Å². The van der Waals surface area contributed by atoms with Crippen molar-refractivity contribution < 1.29 is 0 Å². The van der Waals surface area contributed by atoms with E-state index in [-0.39, 0.29) is 0 Å². The lowest BCUT2D eigenvalue weighted by Gasteiger charge is -2.10. The summed E-state index contributed by atoms with van der Waals surface area (Å²) in [6.07, 6.45) is 2.90. The second kappa shape index (κ2) is 9.00. The standard InChI is InChI=1S/C33H26N2/c34-31(27-8-2-1-3-9-27)23-16-24-14-17-25(18-15-24)26-19-21-28(22-20-26)35-32-12-6-4-10-29(32)30-11-5-7-13-33(30)35/h1-15,17-23H,16,34H2/b31-23-. The Morgan fingerprint density at radius 1 is 0.571 bits per heavy atom. The fourth-order valence-corrected chi connectivity index (χ4v) is 4.81. The lowest BCUT2D eigenvalue weighted by atomic mass is 10.0. The van der Waals surface area contributed by atoms with E-state index in [1.165, 1.54) is 44.2 Å². The number of hydrogen-bond donors (Lipinski definition) is 1. The van der Waals surface area contributed by atoms with Gasteiger partial charge in [-0.25, -0.2) is 0 Å². The van der Waals surface area contributed by atoms with Gasteiger partial charge >= 0.3 is 0 Å².